The number of unbranched alkanes of at least 4 members (excludes halogenated alkanes) is 1. The summed E-state index contributed by atoms with van der Waals surface area (Å²) in [6.07, 6.45) is 4.61. The van der Waals surface area contributed by atoms with E-state index in [1.54, 1.807) is 46.1 Å². The van der Waals surface area contributed by atoms with E-state index < -0.39 is 23.4 Å². The molecular weight excluding hydrogens is 765 g/mol. The number of aliphatic hydroxyl groups excluding tert-OH is 1. The number of imide groups is 1. The predicted octanol–water partition coefficient (Wildman–Crippen LogP) is 8.88. The van der Waals surface area contributed by atoms with E-state index in [0.717, 1.165) is 58.1 Å². The summed E-state index contributed by atoms with van der Waals surface area (Å²) in [5.41, 5.74) is 11.3. The van der Waals surface area contributed by atoms with Gasteiger partial charge in [-0.2, -0.15) is 4.90 Å². The quantitative estimate of drug-likeness (QED) is 0.118. The fourth-order valence-corrected chi connectivity index (χ4v) is 6.68. The topological polar surface area (TPSA) is 198 Å². The molecule has 0 radical (unpaired) electrons. The van der Waals surface area contributed by atoms with E-state index in [0.29, 0.717) is 64.3 Å². The first-order valence-corrected chi connectivity index (χ1v) is 19.9. The van der Waals surface area contributed by atoms with E-state index in [4.69, 9.17) is 20.3 Å². The molecule has 2 aromatic carbocycles. The number of nitrogen functional groups attached to an aromatic ring is 1. The Bertz CT molecular complexity index is 2470. The lowest BCUT2D eigenvalue weighted by molar-refractivity contribution is 0.0429. The molecule has 0 saturated heterocycles. The van der Waals surface area contributed by atoms with Gasteiger partial charge in [-0.05, 0) is 79.4 Å². The van der Waals surface area contributed by atoms with Crippen LogP contribution >= 0.6 is 0 Å². The summed E-state index contributed by atoms with van der Waals surface area (Å²) in [6, 6.07) is 15.5. The second-order valence-corrected chi connectivity index (χ2v) is 16.4. The van der Waals surface area contributed by atoms with Crippen LogP contribution in [0.15, 0.2) is 61.2 Å². The van der Waals surface area contributed by atoms with Crippen molar-refractivity contribution in [1.29, 1.82) is 0 Å². The van der Waals surface area contributed by atoms with Crippen LogP contribution in [0.3, 0.4) is 0 Å². The monoisotopic (exact) mass is 818 g/mol. The average Bonchev–Trinajstić information content (AvgIpc) is 3.68. The zero-order chi connectivity index (χ0) is 43.9. The highest BCUT2D eigenvalue weighted by Crippen LogP contribution is 2.40. The molecule has 0 spiro atoms. The van der Waals surface area contributed by atoms with Gasteiger partial charge in [0.1, 0.15) is 41.0 Å². The number of nitrogens with zero attached hydrogens (tertiary/aromatic N) is 7. The number of hydrogen-bond acceptors (Lipinski definition) is 12. The summed E-state index contributed by atoms with van der Waals surface area (Å²) in [5.74, 6) is 0.332. The molecule has 15 nitrogen and oxygen atoms in total. The molecule has 316 valence electrons. The van der Waals surface area contributed by atoms with Crippen molar-refractivity contribution in [3.05, 3.63) is 83.7 Å². The molecular formula is C45H54N8O7. The van der Waals surface area contributed by atoms with Crippen molar-refractivity contribution in [3.8, 4) is 22.3 Å². The van der Waals surface area contributed by atoms with Crippen LogP contribution in [0.25, 0.3) is 44.3 Å². The minimum Gasteiger partial charge on any atom is -0.443 e. The van der Waals surface area contributed by atoms with Gasteiger partial charge in [-0.1, -0.05) is 73.0 Å². The predicted molar refractivity (Wildman–Crippen MR) is 232 cm³/mol. The van der Waals surface area contributed by atoms with E-state index in [1.165, 1.54) is 12.7 Å². The molecule has 15 heteroatoms. The van der Waals surface area contributed by atoms with Crippen LogP contribution in [0.1, 0.15) is 99.8 Å². The van der Waals surface area contributed by atoms with E-state index in [9.17, 15) is 19.2 Å². The Labute approximate surface area is 349 Å². The molecule has 0 aliphatic rings. The summed E-state index contributed by atoms with van der Waals surface area (Å²) in [7, 11) is 0. The molecule has 0 atom stereocenters. The Morgan fingerprint density at radius 1 is 0.700 bits per heavy atom. The standard InChI is InChI=1S/C28H36N4O5.C17H18N4O2/c1-9-10-15-31-20(16-33)21(19-13-11-18(2)12-14-19)22-23(31)29-17-30-24(22)32(25(34)36-27(3,4)5)26(35)37-28(6,7)8;1-11-3-5-12(6-4-11)14-13(9-23)21(7-2-8-22)17-15(14)16(18)19-10-20-17/h11-14,16-17H,9-10,15H2,1-8H3;3-6,9-10,22H,2,7-8H2,1H3,(H2,18,19,20). The molecule has 0 saturated carbocycles. The molecule has 60 heavy (non-hydrogen) atoms. The van der Waals surface area contributed by atoms with Crippen molar-refractivity contribution >= 4 is 58.5 Å². The van der Waals surface area contributed by atoms with Crippen molar-refractivity contribution in [3.63, 3.8) is 0 Å². The van der Waals surface area contributed by atoms with Gasteiger partial charge in [0, 0.05) is 30.8 Å². The van der Waals surface area contributed by atoms with Crippen LogP contribution in [0.4, 0.5) is 21.2 Å². The SMILES string of the molecule is CCCCn1c(C=O)c(-c2ccc(C)cc2)c2c(N(C(=O)OC(C)(C)C)C(=O)OC(C)(C)C)ncnc21.Cc1ccc(-c2c(C=O)n(CCCO)c3ncnc(N)c23)cc1. The molecule has 0 bridgehead atoms. The van der Waals surface area contributed by atoms with E-state index >= 15 is 0 Å². The van der Waals surface area contributed by atoms with Crippen molar-refractivity contribution in [1.82, 2.24) is 29.1 Å². The maximum Gasteiger partial charge on any atom is 0.425 e. The van der Waals surface area contributed by atoms with Gasteiger partial charge >= 0.3 is 12.2 Å². The Kier molecular flexibility index (Phi) is 13.8. The number of aliphatic hydroxyl groups is 1. The largest absolute Gasteiger partial charge is 0.443 e. The van der Waals surface area contributed by atoms with Crippen LogP contribution in [0, 0.1) is 13.8 Å². The number of carbonyl (C=O) groups excluding carboxylic acids is 4. The molecule has 0 aliphatic carbocycles. The van der Waals surface area contributed by atoms with Crippen molar-refractivity contribution in [2.45, 2.75) is 106 Å². The lowest BCUT2D eigenvalue weighted by Gasteiger charge is -2.28. The summed E-state index contributed by atoms with van der Waals surface area (Å²) in [5, 5.41) is 10.2. The van der Waals surface area contributed by atoms with Gasteiger partial charge < -0.3 is 29.4 Å². The molecule has 6 aromatic rings. The normalized spacial score (nSPS) is 11.6. The van der Waals surface area contributed by atoms with Gasteiger partial charge in [0.2, 0.25) is 0 Å². The number of hydrogen-bond donors (Lipinski definition) is 2. The summed E-state index contributed by atoms with van der Waals surface area (Å²) in [6.45, 7) is 17.3. The number of nitrogens with two attached hydrogens (primary N) is 1. The number of aromatic nitrogens is 6. The zero-order valence-electron chi connectivity index (χ0n) is 35.8. The third kappa shape index (κ3) is 9.85. The molecule has 0 unspecified atom stereocenters. The first-order valence-electron chi connectivity index (χ1n) is 19.9. The van der Waals surface area contributed by atoms with E-state index in [-0.39, 0.29) is 12.4 Å². The second kappa shape index (κ2) is 18.6. The maximum atomic E-state index is 13.4. The van der Waals surface area contributed by atoms with Crippen LogP contribution in [0.2, 0.25) is 0 Å². The van der Waals surface area contributed by atoms with Gasteiger partial charge in [-0.25, -0.2) is 29.5 Å². The Hall–Kier alpha value is -6.48. The first-order chi connectivity index (χ1) is 28.4. The Morgan fingerprint density at radius 3 is 1.57 bits per heavy atom. The minimum atomic E-state index is -0.939. The summed E-state index contributed by atoms with van der Waals surface area (Å²) >= 11 is 0. The molecule has 4 heterocycles. The highest BCUT2D eigenvalue weighted by Gasteiger charge is 2.37. The molecule has 3 N–H and O–H groups in total. The number of benzene rings is 2. The molecule has 0 aliphatic heterocycles. The molecule has 2 amide bonds. The van der Waals surface area contributed by atoms with Crippen molar-refractivity contribution in [2.24, 2.45) is 0 Å². The van der Waals surface area contributed by atoms with Crippen LogP contribution in [0.5, 0.6) is 0 Å². The number of fused-ring (bicyclic) bond motifs is 2. The number of anilines is 2. The van der Waals surface area contributed by atoms with E-state index in [2.05, 4.69) is 26.9 Å². The van der Waals surface area contributed by atoms with Gasteiger partial charge in [-0.3, -0.25) is 9.59 Å². The lowest BCUT2D eigenvalue weighted by Crippen LogP contribution is -2.44. The maximum absolute atomic E-state index is 13.4. The zero-order valence-corrected chi connectivity index (χ0v) is 35.8. The van der Waals surface area contributed by atoms with Crippen molar-refractivity contribution < 1.29 is 33.8 Å². The number of ether oxygens (including phenoxy) is 2. The third-order valence-corrected chi connectivity index (χ3v) is 9.31. The minimum absolute atomic E-state index is 0.0116. The van der Waals surface area contributed by atoms with Gasteiger partial charge in [0.05, 0.1) is 22.2 Å². The molecule has 4 aromatic heterocycles. The average molecular weight is 819 g/mol. The first kappa shape index (κ1) is 44.6. The van der Waals surface area contributed by atoms with Crippen molar-refractivity contribution in [2.75, 3.05) is 17.2 Å². The Morgan fingerprint density at radius 2 is 1.13 bits per heavy atom. The number of amides is 2. The highest BCUT2D eigenvalue weighted by molar-refractivity contribution is 6.18. The number of rotatable bonds is 11. The van der Waals surface area contributed by atoms with Gasteiger partial charge in [0.25, 0.3) is 0 Å². The van der Waals surface area contributed by atoms with Crippen LogP contribution in [-0.4, -0.2) is 76.7 Å². The van der Waals surface area contributed by atoms with Crippen LogP contribution < -0.4 is 10.6 Å². The lowest BCUT2D eigenvalue weighted by atomic mass is 10.0. The Balaban J connectivity index is 0.000000253. The number of carbonyl (C=O) groups is 4. The second-order valence-electron chi connectivity index (χ2n) is 16.4. The fourth-order valence-electron chi connectivity index (χ4n) is 6.68. The molecule has 0 fully saturated rings. The fraction of sp³-hybridized carbons (Fsp3) is 0.378. The smallest absolute Gasteiger partial charge is 0.425 e. The molecule has 6 rings (SSSR count). The number of aryl methyl sites for hydroxylation is 4. The number of aldehydes is 2. The van der Waals surface area contributed by atoms with Gasteiger partial charge in [0.15, 0.2) is 18.4 Å². The highest BCUT2D eigenvalue weighted by atomic mass is 16.6. The summed E-state index contributed by atoms with van der Waals surface area (Å²) < 4.78 is 14.8. The third-order valence-electron chi connectivity index (χ3n) is 9.31. The van der Waals surface area contributed by atoms with Crippen LogP contribution in [-0.2, 0) is 22.6 Å². The van der Waals surface area contributed by atoms with E-state index in [1.807, 2.05) is 66.9 Å². The summed E-state index contributed by atoms with van der Waals surface area (Å²) in [4.78, 5) is 69.1. The van der Waals surface area contributed by atoms with Gasteiger partial charge in [-0.15, -0.1) is 0 Å².